The zero-order valence-corrected chi connectivity index (χ0v) is 13.4. The SMILES string of the molecule is O=C1[C@H](c2ccccc2)[C@@H](c2ccccc2)N1Cc1ccccc1. The Morgan fingerprint density at radius 2 is 1.17 bits per heavy atom. The van der Waals surface area contributed by atoms with Gasteiger partial charge in [0.15, 0.2) is 0 Å². The molecule has 3 aromatic rings. The quantitative estimate of drug-likeness (QED) is 0.647. The summed E-state index contributed by atoms with van der Waals surface area (Å²) in [6, 6.07) is 30.7. The molecule has 0 N–H and O–H groups in total. The fourth-order valence-electron chi connectivity index (χ4n) is 3.51. The van der Waals surface area contributed by atoms with Crippen molar-refractivity contribution in [3.8, 4) is 0 Å². The summed E-state index contributed by atoms with van der Waals surface area (Å²) in [6.45, 7) is 0.655. The zero-order valence-electron chi connectivity index (χ0n) is 13.4. The van der Waals surface area contributed by atoms with Gasteiger partial charge in [-0.25, -0.2) is 0 Å². The number of carbonyl (C=O) groups is 1. The van der Waals surface area contributed by atoms with E-state index >= 15 is 0 Å². The summed E-state index contributed by atoms with van der Waals surface area (Å²) in [6.07, 6.45) is 0. The molecule has 0 aliphatic carbocycles. The van der Waals surface area contributed by atoms with Gasteiger partial charge < -0.3 is 4.90 Å². The highest BCUT2D eigenvalue weighted by Crippen LogP contribution is 2.47. The number of carbonyl (C=O) groups excluding carboxylic acids is 1. The minimum Gasteiger partial charge on any atom is -0.330 e. The molecule has 3 aromatic carbocycles. The summed E-state index contributed by atoms with van der Waals surface area (Å²) < 4.78 is 0. The van der Waals surface area contributed by atoms with Crippen molar-refractivity contribution in [3.63, 3.8) is 0 Å². The number of benzene rings is 3. The van der Waals surface area contributed by atoms with Crippen LogP contribution in [0.4, 0.5) is 0 Å². The number of amides is 1. The molecule has 0 spiro atoms. The monoisotopic (exact) mass is 313 g/mol. The van der Waals surface area contributed by atoms with E-state index in [1.165, 1.54) is 11.1 Å². The molecule has 1 heterocycles. The van der Waals surface area contributed by atoms with E-state index in [9.17, 15) is 4.79 Å². The van der Waals surface area contributed by atoms with Crippen LogP contribution in [0.5, 0.6) is 0 Å². The lowest BCUT2D eigenvalue weighted by Crippen LogP contribution is -2.52. The standard InChI is InChI=1S/C22H19NO/c24-22-20(18-12-6-2-7-13-18)21(19-14-8-3-9-15-19)23(22)16-17-10-4-1-5-11-17/h1-15,20-21H,16H2/t20-,21-/m1/s1. The molecule has 1 aliphatic heterocycles. The van der Waals surface area contributed by atoms with Crippen LogP contribution in [0.1, 0.15) is 28.7 Å². The van der Waals surface area contributed by atoms with Gasteiger partial charge in [0, 0.05) is 6.54 Å². The zero-order chi connectivity index (χ0) is 16.4. The molecule has 4 rings (SSSR count). The molecule has 24 heavy (non-hydrogen) atoms. The van der Waals surface area contributed by atoms with Crippen LogP contribution in [-0.2, 0) is 11.3 Å². The van der Waals surface area contributed by atoms with Gasteiger partial charge in [-0.2, -0.15) is 0 Å². The molecule has 0 aromatic heterocycles. The van der Waals surface area contributed by atoms with Crippen LogP contribution in [0, 0.1) is 0 Å². The highest BCUT2D eigenvalue weighted by molar-refractivity contribution is 5.91. The van der Waals surface area contributed by atoms with Gasteiger partial charge in [0.2, 0.25) is 5.91 Å². The normalized spacial score (nSPS) is 19.8. The van der Waals surface area contributed by atoms with Crippen molar-refractivity contribution in [2.75, 3.05) is 0 Å². The third kappa shape index (κ3) is 2.61. The molecule has 0 bridgehead atoms. The van der Waals surface area contributed by atoms with E-state index in [0.29, 0.717) is 6.54 Å². The molecule has 1 fully saturated rings. The molecule has 1 aliphatic rings. The summed E-state index contributed by atoms with van der Waals surface area (Å²) in [5.41, 5.74) is 3.46. The largest absolute Gasteiger partial charge is 0.330 e. The van der Waals surface area contributed by atoms with E-state index in [2.05, 4.69) is 36.4 Å². The number of β-lactam (4-membered cyclic amide) rings is 1. The Hall–Kier alpha value is -2.87. The lowest BCUT2D eigenvalue weighted by atomic mass is 9.77. The average Bonchev–Trinajstić information content (AvgIpc) is 2.66. The van der Waals surface area contributed by atoms with Crippen molar-refractivity contribution in [1.29, 1.82) is 0 Å². The third-order valence-electron chi connectivity index (χ3n) is 4.70. The molecule has 118 valence electrons. The van der Waals surface area contributed by atoms with Gasteiger partial charge in [-0.15, -0.1) is 0 Å². The van der Waals surface area contributed by atoms with Crippen LogP contribution in [0.15, 0.2) is 91.0 Å². The first-order valence-electron chi connectivity index (χ1n) is 8.29. The Kier molecular flexibility index (Phi) is 3.87. The molecule has 0 saturated carbocycles. The van der Waals surface area contributed by atoms with E-state index < -0.39 is 0 Å². The first-order chi connectivity index (χ1) is 11.8. The van der Waals surface area contributed by atoms with Gasteiger partial charge in [0.1, 0.15) is 0 Å². The number of hydrogen-bond donors (Lipinski definition) is 0. The lowest BCUT2D eigenvalue weighted by molar-refractivity contribution is -0.151. The Labute approximate surface area is 142 Å². The molecule has 2 heteroatoms. The van der Waals surface area contributed by atoms with Gasteiger partial charge in [-0.1, -0.05) is 91.0 Å². The molecular formula is C22H19NO. The van der Waals surface area contributed by atoms with Crippen molar-refractivity contribution in [1.82, 2.24) is 4.90 Å². The maximum atomic E-state index is 12.9. The second-order valence-corrected chi connectivity index (χ2v) is 6.20. The second kappa shape index (κ2) is 6.32. The smallest absolute Gasteiger partial charge is 0.233 e. The van der Waals surface area contributed by atoms with Crippen molar-refractivity contribution in [2.24, 2.45) is 0 Å². The summed E-state index contributed by atoms with van der Waals surface area (Å²) in [5.74, 6) is 0.121. The minimum atomic E-state index is -0.0858. The molecule has 2 atom stereocenters. The summed E-state index contributed by atoms with van der Waals surface area (Å²) in [4.78, 5) is 14.9. The van der Waals surface area contributed by atoms with Gasteiger partial charge in [0.05, 0.1) is 12.0 Å². The number of likely N-dealkylation sites (tertiary alicyclic amines) is 1. The van der Waals surface area contributed by atoms with Crippen LogP contribution in [-0.4, -0.2) is 10.8 Å². The van der Waals surface area contributed by atoms with Gasteiger partial charge in [-0.3, -0.25) is 4.79 Å². The van der Waals surface area contributed by atoms with Crippen molar-refractivity contribution in [2.45, 2.75) is 18.5 Å². The first kappa shape index (κ1) is 14.7. The lowest BCUT2D eigenvalue weighted by Gasteiger charge is -2.48. The molecule has 2 nitrogen and oxygen atoms in total. The number of hydrogen-bond acceptors (Lipinski definition) is 1. The number of rotatable bonds is 4. The fourth-order valence-corrected chi connectivity index (χ4v) is 3.51. The van der Waals surface area contributed by atoms with Crippen molar-refractivity contribution < 1.29 is 4.79 Å². The summed E-state index contributed by atoms with van der Waals surface area (Å²) in [7, 11) is 0. The maximum Gasteiger partial charge on any atom is 0.233 e. The molecule has 1 amide bonds. The van der Waals surface area contributed by atoms with Gasteiger partial charge >= 0.3 is 0 Å². The predicted octanol–water partition coefficient (Wildman–Crippen LogP) is 4.55. The topological polar surface area (TPSA) is 20.3 Å². The van der Waals surface area contributed by atoms with E-state index in [1.807, 2.05) is 59.5 Å². The Bertz CT molecular complexity index is 814. The van der Waals surface area contributed by atoms with Gasteiger partial charge in [0.25, 0.3) is 0 Å². The minimum absolute atomic E-state index is 0.0858. The van der Waals surface area contributed by atoms with Crippen molar-refractivity contribution in [3.05, 3.63) is 108 Å². The van der Waals surface area contributed by atoms with Crippen LogP contribution in [0.3, 0.4) is 0 Å². The summed E-state index contributed by atoms with van der Waals surface area (Å²) in [5, 5.41) is 0. The predicted molar refractivity (Wildman–Crippen MR) is 95.4 cm³/mol. The first-order valence-corrected chi connectivity index (χ1v) is 8.29. The highest BCUT2D eigenvalue weighted by atomic mass is 16.2. The Morgan fingerprint density at radius 1 is 0.667 bits per heavy atom. The van der Waals surface area contributed by atoms with Crippen LogP contribution < -0.4 is 0 Å². The highest BCUT2D eigenvalue weighted by Gasteiger charge is 2.48. The van der Waals surface area contributed by atoms with Crippen molar-refractivity contribution >= 4 is 5.91 Å². The number of nitrogens with zero attached hydrogens (tertiary/aromatic N) is 1. The van der Waals surface area contributed by atoms with E-state index in [-0.39, 0.29) is 17.9 Å². The maximum absolute atomic E-state index is 12.9. The molecule has 1 saturated heterocycles. The molecule has 0 unspecified atom stereocenters. The average molecular weight is 313 g/mol. The Balaban J connectivity index is 1.68. The molecule has 0 radical (unpaired) electrons. The van der Waals surface area contributed by atoms with E-state index in [0.717, 1.165) is 5.56 Å². The van der Waals surface area contributed by atoms with E-state index in [1.54, 1.807) is 0 Å². The summed E-state index contributed by atoms with van der Waals surface area (Å²) >= 11 is 0. The third-order valence-corrected chi connectivity index (χ3v) is 4.70. The van der Waals surface area contributed by atoms with E-state index in [4.69, 9.17) is 0 Å². The fraction of sp³-hybridized carbons (Fsp3) is 0.136. The Morgan fingerprint density at radius 3 is 1.75 bits per heavy atom. The second-order valence-electron chi connectivity index (χ2n) is 6.20. The van der Waals surface area contributed by atoms with Crippen LogP contribution in [0.2, 0.25) is 0 Å². The van der Waals surface area contributed by atoms with Crippen LogP contribution >= 0.6 is 0 Å². The van der Waals surface area contributed by atoms with Crippen LogP contribution in [0.25, 0.3) is 0 Å². The van der Waals surface area contributed by atoms with Gasteiger partial charge in [-0.05, 0) is 16.7 Å². The molecular weight excluding hydrogens is 294 g/mol.